The van der Waals surface area contributed by atoms with Crippen LogP contribution in [0.15, 0.2) is 85.3 Å². The lowest BCUT2D eigenvalue weighted by atomic mass is 10.0. The number of H-pyrrole nitrogens is 1. The van der Waals surface area contributed by atoms with Crippen LogP contribution in [0.5, 0.6) is 5.75 Å². The number of aromatic nitrogens is 4. The molecule has 5 nitrogen and oxygen atoms in total. The Morgan fingerprint density at radius 2 is 1.77 bits per heavy atom. The van der Waals surface area contributed by atoms with Crippen LogP contribution in [0.3, 0.4) is 0 Å². The Morgan fingerprint density at radius 1 is 0.900 bits per heavy atom. The van der Waals surface area contributed by atoms with Crippen molar-refractivity contribution in [3.8, 4) is 28.1 Å². The lowest BCUT2D eigenvalue weighted by Gasteiger charge is -2.09. The molecule has 0 saturated carbocycles. The number of hydrogen-bond donors (Lipinski definition) is 1. The van der Waals surface area contributed by atoms with Crippen LogP contribution in [-0.4, -0.2) is 20.2 Å². The van der Waals surface area contributed by atoms with E-state index in [0.717, 1.165) is 27.7 Å². The zero-order chi connectivity index (χ0) is 20.3. The number of nitrogens with zero attached hydrogens (tertiary/aromatic N) is 3. The first kappa shape index (κ1) is 18.0. The summed E-state index contributed by atoms with van der Waals surface area (Å²) in [6.07, 6.45) is 5.22. The van der Waals surface area contributed by atoms with Crippen molar-refractivity contribution in [1.29, 1.82) is 0 Å². The van der Waals surface area contributed by atoms with Crippen molar-refractivity contribution in [2.24, 2.45) is 0 Å². The molecule has 0 unspecified atom stereocenters. The van der Waals surface area contributed by atoms with Crippen molar-refractivity contribution in [2.75, 3.05) is 0 Å². The summed E-state index contributed by atoms with van der Waals surface area (Å²) in [6.45, 7) is 0.186. The lowest BCUT2D eigenvalue weighted by molar-refractivity contribution is 0.286. The van der Waals surface area contributed by atoms with Gasteiger partial charge in [0.1, 0.15) is 6.61 Å². The van der Waals surface area contributed by atoms with Crippen LogP contribution in [0, 0.1) is 5.82 Å². The van der Waals surface area contributed by atoms with E-state index < -0.39 is 5.82 Å². The monoisotopic (exact) mass is 396 g/mol. The molecule has 0 bridgehead atoms. The van der Waals surface area contributed by atoms with Crippen LogP contribution < -0.4 is 4.74 Å². The molecule has 30 heavy (non-hydrogen) atoms. The molecule has 0 saturated heterocycles. The van der Waals surface area contributed by atoms with Crippen LogP contribution in [0.25, 0.3) is 33.3 Å². The minimum absolute atomic E-state index is 0.176. The van der Waals surface area contributed by atoms with Crippen LogP contribution in [0.4, 0.5) is 4.39 Å². The van der Waals surface area contributed by atoms with E-state index in [1.165, 1.54) is 6.07 Å². The van der Waals surface area contributed by atoms with Crippen molar-refractivity contribution in [1.82, 2.24) is 20.2 Å². The molecule has 0 aliphatic rings. The van der Waals surface area contributed by atoms with Gasteiger partial charge >= 0.3 is 0 Å². The predicted molar refractivity (Wildman–Crippen MR) is 113 cm³/mol. The van der Waals surface area contributed by atoms with E-state index in [0.29, 0.717) is 11.3 Å². The molecule has 0 fully saturated rings. The largest absolute Gasteiger partial charge is 0.484 e. The van der Waals surface area contributed by atoms with Gasteiger partial charge in [0.2, 0.25) is 0 Å². The van der Waals surface area contributed by atoms with E-state index in [1.807, 2.05) is 48.5 Å². The molecule has 5 aromatic rings. The number of aromatic amines is 1. The first-order valence-electron chi connectivity index (χ1n) is 9.49. The number of pyridine rings is 2. The third kappa shape index (κ3) is 3.51. The molecular formula is C24H17FN4O. The van der Waals surface area contributed by atoms with Gasteiger partial charge in [-0.05, 0) is 48.0 Å². The normalized spacial score (nSPS) is 11.0. The van der Waals surface area contributed by atoms with Crippen molar-refractivity contribution < 1.29 is 9.13 Å². The van der Waals surface area contributed by atoms with E-state index >= 15 is 0 Å². The minimum Gasteiger partial charge on any atom is -0.484 e. The molecule has 0 amide bonds. The van der Waals surface area contributed by atoms with Crippen molar-refractivity contribution >= 4 is 10.9 Å². The van der Waals surface area contributed by atoms with E-state index in [9.17, 15) is 4.39 Å². The zero-order valence-corrected chi connectivity index (χ0v) is 15.9. The second kappa shape index (κ2) is 7.75. The zero-order valence-electron chi connectivity index (χ0n) is 15.9. The molecular weight excluding hydrogens is 379 g/mol. The maximum atomic E-state index is 14.7. The van der Waals surface area contributed by atoms with Gasteiger partial charge in [-0.1, -0.05) is 24.3 Å². The summed E-state index contributed by atoms with van der Waals surface area (Å²) in [5, 5.41) is 8.21. The molecule has 146 valence electrons. The molecule has 6 heteroatoms. The topological polar surface area (TPSA) is 63.7 Å². The van der Waals surface area contributed by atoms with Crippen LogP contribution in [0.2, 0.25) is 0 Å². The van der Waals surface area contributed by atoms with E-state index in [1.54, 1.807) is 30.7 Å². The highest BCUT2D eigenvalue weighted by Gasteiger charge is 2.13. The Balaban J connectivity index is 1.37. The Morgan fingerprint density at radius 3 is 2.63 bits per heavy atom. The fourth-order valence-corrected chi connectivity index (χ4v) is 3.37. The fourth-order valence-electron chi connectivity index (χ4n) is 3.37. The standard InChI is InChI=1S/C24H17FN4O/c25-21-13-18(24-20(14-27-29-24)16-9-11-26-12-10-16)6-8-23(21)30-15-19-7-5-17-3-1-2-4-22(17)28-19/h1-14H,15H2,(H,27,29). The molecule has 0 spiro atoms. The van der Waals surface area contributed by atoms with Gasteiger partial charge < -0.3 is 4.74 Å². The van der Waals surface area contributed by atoms with Gasteiger partial charge in [0.05, 0.1) is 16.9 Å². The summed E-state index contributed by atoms with van der Waals surface area (Å²) in [7, 11) is 0. The lowest BCUT2D eigenvalue weighted by Crippen LogP contribution is -2.00. The van der Waals surface area contributed by atoms with Gasteiger partial charge in [-0.25, -0.2) is 9.37 Å². The summed E-state index contributed by atoms with van der Waals surface area (Å²) in [5.74, 6) is -0.272. The second-order valence-corrected chi connectivity index (χ2v) is 6.81. The van der Waals surface area contributed by atoms with E-state index in [4.69, 9.17) is 4.74 Å². The first-order chi connectivity index (χ1) is 14.8. The Kier molecular flexibility index (Phi) is 4.65. The summed E-state index contributed by atoms with van der Waals surface area (Å²) in [4.78, 5) is 8.59. The molecule has 0 aliphatic heterocycles. The highest BCUT2D eigenvalue weighted by molar-refractivity contribution is 5.80. The molecule has 3 heterocycles. The fraction of sp³-hybridized carbons (Fsp3) is 0.0417. The number of hydrogen-bond acceptors (Lipinski definition) is 4. The number of fused-ring (bicyclic) bond motifs is 1. The van der Waals surface area contributed by atoms with Crippen molar-refractivity contribution in [3.05, 3.63) is 96.8 Å². The third-order valence-electron chi connectivity index (χ3n) is 4.87. The number of halogens is 1. The van der Waals surface area contributed by atoms with Crippen molar-refractivity contribution in [3.63, 3.8) is 0 Å². The van der Waals surface area contributed by atoms with Gasteiger partial charge in [-0.3, -0.25) is 10.1 Å². The average Bonchev–Trinajstić information content (AvgIpc) is 3.29. The van der Waals surface area contributed by atoms with Gasteiger partial charge in [0, 0.05) is 35.1 Å². The maximum absolute atomic E-state index is 14.7. The Bertz CT molecular complexity index is 1320. The van der Waals surface area contributed by atoms with Gasteiger partial charge in [0.25, 0.3) is 0 Å². The molecule has 1 N–H and O–H groups in total. The molecule has 0 radical (unpaired) electrons. The molecule has 5 rings (SSSR count). The predicted octanol–water partition coefficient (Wildman–Crippen LogP) is 5.41. The van der Waals surface area contributed by atoms with Gasteiger partial charge in [-0.15, -0.1) is 0 Å². The minimum atomic E-state index is -0.447. The summed E-state index contributed by atoms with van der Waals surface area (Å²) in [5.41, 5.74) is 4.79. The molecule has 3 aromatic heterocycles. The number of nitrogens with one attached hydrogen (secondary N) is 1. The molecule has 0 aliphatic carbocycles. The number of para-hydroxylation sites is 1. The Labute approximate surface area is 172 Å². The first-order valence-corrected chi connectivity index (χ1v) is 9.49. The number of benzene rings is 2. The van der Waals surface area contributed by atoms with Crippen LogP contribution in [-0.2, 0) is 6.61 Å². The highest BCUT2D eigenvalue weighted by Crippen LogP contribution is 2.32. The quantitative estimate of drug-likeness (QED) is 0.432. The summed E-state index contributed by atoms with van der Waals surface area (Å²) in [6, 6.07) is 20.4. The summed E-state index contributed by atoms with van der Waals surface area (Å²) < 4.78 is 20.4. The van der Waals surface area contributed by atoms with Gasteiger partial charge in [-0.2, -0.15) is 5.10 Å². The third-order valence-corrected chi connectivity index (χ3v) is 4.87. The van der Waals surface area contributed by atoms with Crippen LogP contribution in [0.1, 0.15) is 5.69 Å². The summed E-state index contributed by atoms with van der Waals surface area (Å²) >= 11 is 0. The van der Waals surface area contributed by atoms with E-state index in [2.05, 4.69) is 20.2 Å². The molecule has 2 aromatic carbocycles. The number of rotatable bonds is 5. The maximum Gasteiger partial charge on any atom is 0.165 e. The highest BCUT2D eigenvalue weighted by atomic mass is 19.1. The smallest absolute Gasteiger partial charge is 0.165 e. The SMILES string of the molecule is Fc1cc(-c2n[nH]cc2-c2ccncc2)ccc1OCc1ccc2ccccc2n1. The number of ether oxygens (including phenoxy) is 1. The van der Waals surface area contributed by atoms with Gasteiger partial charge in [0.15, 0.2) is 11.6 Å². The molecule has 0 atom stereocenters. The Hall–Kier alpha value is -4.06. The van der Waals surface area contributed by atoms with Crippen molar-refractivity contribution in [2.45, 2.75) is 6.61 Å². The van der Waals surface area contributed by atoms with E-state index in [-0.39, 0.29) is 12.4 Å². The van der Waals surface area contributed by atoms with Crippen LogP contribution >= 0.6 is 0 Å². The average molecular weight is 396 g/mol. The second-order valence-electron chi connectivity index (χ2n) is 6.81.